The Labute approximate surface area is 136 Å². The minimum Gasteiger partial charge on any atom is -0.325 e. The van der Waals surface area contributed by atoms with E-state index in [9.17, 15) is 4.79 Å². The number of amides is 1. The predicted molar refractivity (Wildman–Crippen MR) is 92.2 cm³/mol. The second-order valence-corrected chi connectivity index (χ2v) is 6.01. The topological polar surface area (TPSA) is 32.3 Å². The lowest BCUT2D eigenvalue weighted by Crippen LogP contribution is -2.39. The molecule has 22 heavy (non-hydrogen) atoms. The second-order valence-electron chi connectivity index (χ2n) is 5.58. The van der Waals surface area contributed by atoms with E-state index in [2.05, 4.69) is 5.32 Å². The summed E-state index contributed by atoms with van der Waals surface area (Å²) in [6.07, 6.45) is 0. The van der Waals surface area contributed by atoms with Crippen LogP contribution in [0.25, 0.3) is 0 Å². The van der Waals surface area contributed by atoms with Crippen molar-refractivity contribution in [3.63, 3.8) is 0 Å². The quantitative estimate of drug-likeness (QED) is 0.900. The summed E-state index contributed by atoms with van der Waals surface area (Å²) in [5.74, 6) is -0.0120. The first-order valence-electron chi connectivity index (χ1n) is 7.28. The molecule has 0 aliphatic carbocycles. The van der Waals surface area contributed by atoms with Crippen molar-refractivity contribution in [3.05, 3.63) is 64.7 Å². The van der Waals surface area contributed by atoms with Crippen LogP contribution in [0.2, 0.25) is 5.02 Å². The van der Waals surface area contributed by atoms with Crippen LogP contribution < -0.4 is 5.32 Å². The molecule has 0 radical (unpaired) electrons. The highest BCUT2D eigenvalue weighted by Crippen LogP contribution is 2.14. The van der Waals surface area contributed by atoms with Crippen molar-refractivity contribution in [2.45, 2.75) is 26.4 Å². The zero-order chi connectivity index (χ0) is 16.1. The molecule has 0 saturated carbocycles. The summed E-state index contributed by atoms with van der Waals surface area (Å²) < 4.78 is 0. The number of benzene rings is 2. The summed E-state index contributed by atoms with van der Waals surface area (Å²) in [7, 11) is 1.94. The highest BCUT2D eigenvalue weighted by atomic mass is 35.5. The van der Waals surface area contributed by atoms with Crippen molar-refractivity contribution >= 4 is 23.2 Å². The Hall–Kier alpha value is -1.84. The van der Waals surface area contributed by atoms with E-state index in [0.717, 1.165) is 21.8 Å². The Balaban J connectivity index is 1.95. The summed E-state index contributed by atoms with van der Waals surface area (Å²) in [4.78, 5) is 14.3. The first kappa shape index (κ1) is 16.5. The zero-order valence-corrected chi connectivity index (χ0v) is 13.9. The van der Waals surface area contributed by atoms with Crippen molar-refractivity contribution < 1.29 is 4.79 Å². The van der Waals surface area contributed by atoms with Gasteiger partial charge in [0.1, 0.15) is 0 Å². The van der Waals surface area contributed by atoms with Gasteiger partial charge in [-0.05, 0) is 56.3 Å². The van der Waals surface area contributed by atoms with E-state index in [1.165, 1.54) is 0 Å². The molecule has 0 aliphatic heterocycles. The molecule has 116 valence electrons. The van der Waals surface area contributed by atoms with Gasteiger partial charge in [-0.25, -0.2) is 0 Å². The van der Waals surface area contributed by atoms with Crippen molar-refractivity contribution in [1.82, 2.24) is 4.90 Å². The number of anilines is 1. The highest BCUT2D eigenvalue weighted by Gasteiger charge is 2.18. The Morgan fingerprint density at radius 1 is 1.23 bits per heavy atom. The predicted octanol–water partition coefficient (Wildman–Crippen LogP) is 4.11. The number of aryl methyl sites for hydroxylation is 1. The number of likely N-dealkylation sites (N-methyl/N-ethyl adjacent to an activating group) is 1. The lowest BCUT2D eigenvalue weighted by Gasteiger charge is -2.24. The number of nitrogens with zero attached hydrogens (tertiary/aromatic N) is 1. The van der Waals surface area contributed by atoms with Crippen LogP contribution in [-0.2, 0) is 11.3 Å². The van der Waals surface area contributed by atoms with Gasteiger partial charge in [-0.15, -0.1) is 0 Å². The number of carbonyl (C=O) groups excluding carboxylic acids is 1. The van der Waals surface area contributed by atoms with E-state index < -0.39 is 0 Å². The Morgan fingerprint density at radius 2 is 1.91 bits per heavy atom. The lowest BCUT2D eigenvalue weighted by atomic mass is 10.1. The molecule has 0 aliphatic rings. The first-order chi connectivity index (χ1) is 10.5. The monoisotopic (exact) mass is 316 g/mol. The number of hydrogen-bond acceptors (Lipinski definition) is 2. The first-order valence-corrected chi connectivity index (χ1v) is 7.66. The summed E-state index contributed by atoms with van der Waals surface area (Å²) >= 11 is 5.89. The van der Waals surface area contributed by atoms with Gasteiger partial charge >= 0.3 is 0 Å². The zero-order valence-electron chi connectivity index (χ0n) is 13.1. The van der Waals surface area contributed by atoms with E-state index in [1.807, 2.05) is 74.3 Å². The number of halogens is 1. The van der Waals surface area contributed by atoms with E-state index in [4.69, 9.17) is 11.6 Å². The van der Waals surface area contributed by atoms with E-state index in [0.29, 0.717) is 6.54 Å². The average molecular weight is 317 g/mol. The SMILES string of the molecule is Cc1cccc(NC(=O)C(C)N(C)Cc2ccc(Cl)cc2)c1. The third-order valence-electron chi connectivity index (χ3n) is 3.67. The molecular formula is C18H21ClN2O. The minimum absolute atomic E-state index is 0.0120. The fourth-order valence-electron chi connectivity index (χ4n) is 2.18. The van der Waals surface area contributed by atoms with Gasteiger partial charge in [0, 0.05) is 17.3 Å². The number of hydrogen-bond donors (Lipinski definition) is 1. The van der Waals surface area contributed by atoms with Crippen LogP contribution in [0.1, 0.15) is 18.1 Å². The van der Waals surface area contributed by atoms with Crippen LogP contribution in [-0.4, -0.2) is 23.9 Å². The molecule has 1 N–H and O–H groups in total. The van der Waals surface area contributed by atoms with Gasteiger partial charge in [-0.3, -0.25) is 9.69 Å². The van der Waals surface area contributed by atoms with Gasteiger partial charge in [0.05, 0.1) is 6.04 Å². The normalized spacial score (nSPS) is 12.2. The molecular weight excluding hydrogens is 296 g/mol. The molecule has 2 rings (SSSR count). The second kappa shape index (κ2) is 7.43. The van der Waals surface area contributed by atoms with Gasteiger partial charge in [0.15, 0.2) is 0 Å². The molecule has 0 bridgehead atoms. The third-order valence-corrected chi connectivity index (χ3v) is 3.92. The minimum atomic E-state index is -0.226. The molecule has 0 fully saturated rings. The molecule has 4 heteroatoms. The Bertz CT molecular complexity index is 640. The van der Waals surface area contributed by atoms with Gasteiger partial charge in [0.25, 0.3) is 0 Å². The van der Waals surface area contributed by atoms with Crippen LogP contribution in [0.5, 0.6) is 0 Å². The molecule has 3 nitrogen and oxygen atoms in total. The number of nitrogens with one attached hydrogen (secondary N) is 1. The Kier molecular flexibility index (Phi) is 5.58. The Morgan fingerprint density at radius 3 is 2.55 bits per heavy atom. The maximum Gasteiger partial charge on any atom is 0.241 e. The van der Waals surface area contributed by atoms with Crippen LogP contribution in [0.4, 0.5) is 5.69 Å². The smallest absolute Gasteiger partial charge is 0.241 e. The van der Waals surface area contributed by atoms with Gasteiger partial charge in [-0.2, -0.15) is 0 Å². The molecule has 0 aromatic heterocycles. The molecule has 0 spiro atoms. The van der Waals surface area contributed by atoms with E-state index in [1.54, 1.807) is 0 Å². The van der Waals surface area contributed by atoms with Crippen LogP contribution in [0.3, 0.4) is 0 Å². The molecule has 1 atom stereocenters. The van der Waals surface area contributed by atoms with Crippen LogP contribution >= 0.6 is 11.6 Å². The highest BCUT2D eigenvalue weighted by molar-refractivity contribution is 6.30. The molecule has 0 saturated heterocycles. The van der Waals surface area contributed by atoms with Crippen molar-refractivity contribution in [3.8, 4) is 0 Å². The molecule has 0 heterocycles. The van der Waals surface area contributed by atoms with Crippen molar-refractivity contribution in [2.24, 2.45) is 0 Å². The molecule has 2 aromatic rings. The van der Waals surface area contributed by atoms with Gasteiger partial charge in [-0.1, -0.05) is 35.9 Å². The van der Waals surface area contributed by atoms with E-state index >= 15 is 0 Å². The van der Waals surface area contributed by atoms with Gasteiger partial charge < -0.3 is 5.32 Å². The maximum absolute atomic E-state index is 12.3. The van der Waals surface area contributed by atoms with Gasteiger partial charge in [0.2, 0.25) is 5.91 Å². The summed E-state index contributed by atoms with van der Waals surface area (Å²) in [6.45, 7) is 4.60. The summed E-state index contributed by atoms with van der Waals surface area (Å²) in [5, 5.41) is 3.68. The fraction of sp³-hybridized carbons (Fsp3) is 0.278. The van der Waals surface area contributed by atoms with Crippen LogP contribution in [0, 0.1) is 6.92 Å². The number of carbonyl (C=O) groups is 1. The third kappa shape index (κ3) is 4.58. The van der Waals surface area contributed by atoms with Crippen molar-refractivity contribution in [1.29, 1.82) is 0 Å². The summed E-state index contributed by atoms with van der Waals surface area (Å²) in [6, 6.07) is 15.3. The molecule has 2 aromatic carbocycles. The lowest BCUT2D eigenvalue weighted by molar-refractivity contribution is -0.120. The number of rotatable bonds is 5. The summed E-state index contributed by atoms with van der Waals surface area (Å²) in [5.41, 5.74) is 3.08. The molecule has 1 unspecified atom stereocenters. The molecule has 1 amide bonds. The van der Waals surface area contributed by atoms with E-state index in [-0.39, 0.29) is 11.9 Å². The fourth-order valence-corrected chi connectivity index (χ4v) is 2.31. The van der Waals surface area contributed by atoms with Crippen molar-refractivity contribution in [2.75, 3.05) is 12.4 Å². The average Bonchev–Trinajstić information content (AvgIpc) is 2.48. The standard InChI is InChI=1S/C18H21ClN2O/c1-13-5-4-6-17(11-13)20-18(22)14(2)21(3)12-15-7-9-16(19)10-8-15/h4-11,14H,12H2,1-3H3,(H,20,22). The maximum atomic E-state index is 12.3. The van der Waals surface area contributed by atoms with Crippen LogP contribution in [0.15, 0.2) is 48.5 Å². The largest absolute Gasteiger partial charge is 0.325 e.